The maximum atomic E-state index is 15.8. The predicted octanol–water partition coefficient (Wildman–Crippen LogP) is 3.68. The van der Waals surface area contributed by atoms with E-state index in [4.69, 9.17) is 22.1 Å². The summed E-state index contributed by atoms with van der Waals surface area (Å²) in [6.45, 7) is 2.45. The van der Waals surface area contributed by atoms with Crippen LogP contribution in [0.2, 0.25) is 5.02 Å². The van der Waals surface area contributed by atoms with Crippen LogP contribution in [0, 0.1) is 18.6 Å². The normalized spacial score (nSPS) is 17.7. The summed E-state index contributed by atoms with van der Waals surface area (Å²) in [4.78, 5) is 23.0. The van der Waals surface area contributed by atoms with Crippen LogP contribution in [0.4, 0.5) is 25.1 Å². The minimum Gasteiger partial charge on any atom is -0.489 e. The number of benzene rings is 2. The molecule has 8 nitrogen and oxygen atoms in total. The second-order valence-corrected chi connectivity index (χ2v) is 8.15. The summed E-state index contributed by atoms with van der Waals surface area (Å²) in [5.74, 6) is -0.960. The van der Waals surface area contributed by atoms with Crippen LogP contribution in [0.15, 0.2) is 18.5 Å². The van der Waals surface area contributed by atoms with E-state index in [1.165, 1.54) is 17.3 Å². The number of fused-ring (bicyclic) bond motifs is 2. The molecule has 32 heavy (non-hydrogen) atoms. The summed E-state index contributed by atoms with van der Waals surface area (Å²) >= 11 is 6.63. The molecule has 5 rings (SSSR count). The van der Waals surface area contributed by atoms with Crippen molar-refractivity contribution in [3.63, 3.8) is 0 Å². The van der Waals surface area contributed by atoms with Crippen LogP contribution < -0.4 is 15.4 Å². The Kier molecular flexibility index (Phi) is 4.70. The number of aromatic nitrogens is 2. The number of nitrogen functional groups attached to an aromatic ring is 1. The van der Waals surface area contributed by atoms with Crippen LogP contribution in [-0.4, -0.2) is 58.4 Å². The van der Waals surface area contributed by atoms with E-state index in [2.05, 4.69) is 9.97 Å². The molecule has 0 aliphatic carbocycles. The number of carboxylic acid groups (broad SMARTS) is 1. The average Bonchev–Trinajstić information content (AvgIpc) is 2.94. The number of ether oxygens (including phenoxy) is 1. The largest absolute Gasteiger partial charge is 0.489 e. The first-order chi connectivity index (χ1) is 15.3. The Labute approximate surface area is 186 Å². The van der Waals surface area contributed by atoms with Gasteiger partial charge in [-0.2, -0.15) is 0 Å². The third-order valence-electron chi connectivity index (χ3n) is 6.05. The molecule has 3 aromatic rings. The standard InChI is InChI=1S/C21H18ClF2N5O3/c1-9-12(25)3-2-11(23)13(9)14-16(22)19-15-18(17(14)24)26-8-27-20(15)29-5-4-28(21(30)31)6-10(29)7-32-19/h2-3,8,10H,4-7,25H2,1H3,(H,30,31)/t10-/m0/s1. The first-order valence-corrected chi connectivity index (χ1v) is 10.2. The van der Waals surface area contributed by atoms with Crippen molar-refractivity contribution in [3.8, 4) is 16.9 Å². The minimum absolute atomic E-state index is 0.0616. The summed E-state index contributed by atoms with van der Waals surface area (Å²) in [5, 5.41) is 9.52. The molecular formula is C21H18ClF2N5O3. The van der Waals surface area contributed by atoms with Crippen LogP contribution in [-0.2, 0) is 0 Å². The number of hydrogen-bond acceptors (Lipinski definition) is 6. The number of amides is 1. The fourth-order valence-electron chi connectivity index (χ4n) is 4.39. The maximum Gasteiger partial charge on any atom is 0.407 e. The Morgan fingerprint density at radius 1 is 1.28 bits per heavy atom. The number of rotatable bonds is 1. The molecule has 1 saturated heterocycles. The molecule has 2 aliphatic rings. The molecule has 0 unspecified atom stereocenters. The van der Waals surface area contributed by atoms with Crippen molar-refractivity contribution in [2.45, 2.75) is 13.0 Å². The van der Waals surface area contributed by atoms with E-state index in [1.807, 2.05) is 4.90 Å². The average molecular weight is 462 g/mol. The highest BCUT2D eigenvalue weighted by molar-refractivity contribution is 6.36. The lowest BCUT2D eigenvalue weighted by Gasteiger charge is -2.39. The van der Waals surface area contributed by atoms with E-state index in [9.17, 15) is 14.3 Å². The van der Waals surface area contributed by atoms with Gasteiger partial charge in [-0.05, 0) is 24.6 Å². The van der Waals surface area contributed by atoms with Crippen molar-refractivity contribution in [1.29, 1.82) is 0 Å². The zero-order chi connectivity index (χ0) is 22.7. The predicted molar refractivity (Wildman–Crippen MR) is 115 cm³/mol. The zero-order valence-corrected chi connectivity index (χ0v) is 17.7. The Morgan fingerprint density at radius 2 is 2.06 bits per heavy atom. The number of anilines is 2. The Hall–Kier alpha value is -3.40. The van der Waals surface area contributed by atoms with Gasteiger partial charge in [-0.3, -0.25) is 0 Å². The van der Waals surface area contributed by atoms with Crippen molar-refractivity contribution < 1.29 is 23.4 Å². The molecule has 1 aromatic heterocycles. The highest BCUT2D eigenvalue weighted by Gasteiger charge is 2.37. The smallest absolute Gasteiger partial charge is 0.407 e. The molecule has 0 bridgehead atoms. The molecule has 3 heterocycles. The van der Waals surface area contributed by atoms with Crippen molar-refractivity contribution in [2.75, 3.05) is 36.9 Å². The lowest BCUT2D eigenvalue weighted by molar-refractivity contribution is 0.127. The number of carbonyl (C=O) groups is 1. The molecule has 11 heteroatoms. The lowest BCUT2D eigenvalue weighted by atomic mass is 9.96. The quantitative estimate of drug-likeness (QED) is 0.532. The van der Waals surface area contributed by atoms with Crippen LogP contribution in [0.1, 0.15) is 5.56 Å². The second kappa shape index (κ2) is 7.33. The Bertz CT molecular complexity index is 1290. The van der Waals surface area contributed by atoms with Gasteiger partial charge in [0.15, 0.2) is 11.6 Å². The first-order valence-electron chi connectivity index (χ1n) is 9.87. The van der Waals surface area contributed by atoms with E-state index in [0.717, 1.165) is 6.07 Å². The molecule has 3 N–H and O–H groups in total. The summed E-state index contributed by atoms with van der Waals surface area (Å²) in [6.07, 6.45) is 0.190. The summed E-state index contributed by atoms with van der Waals surface area (Å²) in [6, 6.07) is 2.19. The van der Waals surface area contributed by atoms with E-state index >= 15 is 4.39 Å². The third-order valence-corrected chi connectivity index (χ3v) is 6.41. The minimum atomic E-state index is -1.03. The van der Waals surface area contributed by atoms with Gasteiger partial charge in [-0.15, -0.1) is 0 Å². The highest BCUT2D eigenvalue weighted by atomic mass is 35.5. The van der Waals surface area contributed by atoms with Crippen LogP contribution >= 0.6 is 11.6 Å². The van der Waals surface area contributed by atoms with Gasteiger partial charge >= 0.3 is 6.09 Å². The highest BCUT2D eigenvalue weighted by Crippen LogP contribution is 2.49. The Balaban J connectivity index is 1.76. The van der Waals surface area contributed by atoms with E-state index < -0.39 is 17.7 Å². The fraction of sp³-hybridized carbons (Fsp3) is 0.286. The monoisotopic (exact) mass is 461 g/mol. The van der Waals surface area contributed by atoms with Gasteiger partial charge < -0.3 is 25.4 Å². The van der Waals surface area contributed by atoms with Gasteiger partial charge in [0.05, 0.1) is 16.5 Å². The van der Waals surface area contributed by atoms with Crippen molar-refractivity contribution in [3.05, 3.63) is 40.7 Å². The molecule has 2 aliphatic heterocycles. The summed E-state index contributed by atoms with van der Waals surface area (Å²) in [7, 11) is 0. The number of hydrogen-bond donors (Lipinski definition) is 2. The number of halogens is 3. The molecule has 0 spiro atoms. The molecule has 2 aromatic carbocycles. The van der Waals surface area contributed by atoms with Gasteiger partial charge in [0.2, 0.25) is 0 Å². The zero-order valence-electron chi connectivity index (χ0n) is 16.9. The third kappa shape index (κ3) is 2.89. The maximum absolute atomic E-state index is 15.8. The molecule has 166 valence electrons. The van der Waals surface area contributed by atoms with Crippen molar-refractivity contribution >= 4 is 40.1 Å². The van der Waals surface area contributed by atoms with Gasteiger partial charge in [0.25, 0.3) is 0 Å². The van der Waals surface area contributed by atoms with Crippen LogP contribution in [0.3, 0.4) is 0 Å². The van der Waals surface area contributed by atoms with Gasteiger partial charge in [0, 0.05) is 36.4 Å². The van der Waals surface area contributed by atoms with Crippen molar-refractivity contribution in [2.24, 2.45) is 0 Å². The van der Waals surface area contributed by atoms with Gasteiger partial charge in [-0.25, -0.2) is 23.5 Å². The first kappa shape index (κ1) is 20.5. The molecule has 1 amide bonds. The molecule has 0 radical (unpaired) electrons. The Morgan fingerprint density at radius 3 is 2.81 bits per heavy atom. The van der Waals surface area contributed by atoms with E-state index in [-0.39, 0.29) is 64.2 Å². The van der Waals surface area contributed by atoms with Crippen LogP contribution in [0.5, 0.6) is 5.75 Å². The number of piperazine rings is 1. The molecule has 0 saturated carbocycles. The van der Waals surface area contributed by atoms with Gasteiger partial charge in [-0.1, -0.05) is 11.6 Å². The number of nitrogens with two attached hydrogens (primary N) is 1. The van der Waals surface area contributed by atoms with Crippen LogP contribution in [0.25, 0.3) is 22.0 Å². The summed E-state index contributed by atoms with van der Waals surface area (Å²) in [5.41, 5.74) is 6.26. The summed E-state index contributed by atoms with van der Waals surface area (Å²) < 4.78 is 36.6. The number of nitrogens with zero attached hydrogens (tertiary/aromatic N) is 4. The lowest BCUT2D eigenvalue weighted by Crippen LogP contribution is -2.56. The molecule has 1 atom stereocenters. The van der Waals surface area contributed by atoms with Gasteiger partial charge in [0.1, 0.15) is 30.1 Å². The van der Waals surface area contributed by atoms with E-state index in [0.29, 0.717) is 17.9 Å². The molecular weight excluding hydrogens is 444 g/mol. The SMILES string of the molecule is Cc1c(N)ccc(F)c1-c1c(Cl)c2c3c(ncnc3c1F)N1CCN(C(=O)O)C[C@H]1CO2. The second-order valence-electron chi connectivity index (χ2n) is 7.78. The molecule has 1 fully saturated rings. The van der Waals surface area contributed by atoms with Crippen molar-refractivity contribution in [1.82, 2.24) is 14.9 Å². The van der Waals surface area contributed by atoms with E-state index in [1.54, 1.807) is 6.92 Å². The fourth-order valence-corrected chi connectivity index (χ4v) is 4.72. The topological polar surface area (TPSA) is 105 Å².